The highest BCUT2D eigenvalue weighted by Crippen LogP contribution is 2.41. The summed E-state index contributed by atoms with van der Waals surface area (Å²) >= 11 is 0. The summed E-state index contributed by atoms with van der Waals surface area (Å²) in [6.45, 7) is 5.50. The molecular weight excluding hydrogens is 389 g/mol. The topological polar surface area (TPSA) is 32.3 Å². The third-order valence-electron chi connectivity index (χ3n) is 5.86. The Morgan fingerprint density at radius 2 is 1.70 bits per heavy atom. The van der Waals surface area contributed by atoms with E-state index in [1.807, 2.05) is 12.1 Å². The number of benzene rings is 2. The van der Waals surface area contributed by atoms with Gasteiger partial charge < -0.3 is 0 Å². The van der Waals surface area contributed by atoms with Crippen LogP contribution in [0.2, 0.25) is 0 Å². The SMILES string of the molecule is CCCCCCCc1ccc2cc([C@H](N3CC(C)(C)C(=O)N3)C(F)(F)F)ccc2c1. The Hall–Kier alpha value is -2.08. The molecule has 1 atom stereocenters. The molecule has 0 bridgehead atoms. The van der Waals surface area contributed by atoms with Crippen molar-refractivity contribution in [3.63, 3.8) is 0 Å². The van der Waals surface area contributed by atoms with Gasteiger partial charge in [-0.15, -0.1) is 0 Å². The van der Waals surface area contributed by atoms with E-state index in [-0.39, 0.29) is 18.0 Å². The average molecular weight is 421 g/mol. The first-order chi connectivity index (χ1) is 14.1. The van der Waals surface area contributed by atoms with E-state index < -0.39 is 17.6 Å². The first kappa shape index (κ1) is 22.6. The molecule has 1 amide bonds. The van der Waals surface area contributed by atoms with Crippen LogP contribution in [0, 0.1) is 5.41 Å². The van der Waals surface area contributed by atoms with Crippen molar-refractivity contribution in [1.29, 1.82) is 0 Å². The molecule has 1 heterocycles. The molecule has 0 radical (unpaired) electrons. The van der Waals surface area contributed by atoms with E-state index in [0.29, 0.717) is 0 Å². The van der Waals surface area contributed by atoms with Gasteiger partial charge in [-0.05, 0) is 54.7 Å². The van der Waals surface area contributed by atoms with Crippen LogP contribution in [-0.4, -0.2) is 23.6 Å². The third-order valence-corrected chi connectivity index (χ3v) is 5.86. The van der Waals surface area contributed by atoms with E-state index in [1.165, 1.54) is 37.3 Å². The second kappa shape index (κ2) is 8.96. The molecule has 30 heavy (non-hydrogen) atoms. The fraction of sp³-hybridized carbons (Fsp3) is 0.542. The normalized spacial score (nSPS) is 18.0. The molecular formula is C24H31F3N2O. The van der Waals surface area contributed by atoms with Gasteiger partial charge >= 0.3 is 6.18 Å². The van der Waals surface area contributed by atoms with Gasteiger partial charge in [-0.1, -0.05) is 62.9 Å². The number of hydrogen-bond acceptors (Lipinski definition) is 2. The fourth-order valence-electron chi connectivity index (χ4n) is 4.09. The maximum Gasteiger partial charge on any atom is 0.409 e. The zero-order valence-corrected chi connectivity index (χ0v) is 18.0. The van der Waals surface area contributed by atoms with Crippen LogP contribution in [0.25, 0.3) is 10.8 Å². The lowest BCUT2D eigenvalue weighted by Crippen LogP contribution is -2.43. The van der Waals surface area contributed by atoms with Crippen LogP contribution in [0.5, 0.6) is 0 Å². The molecule has 1 saturated heterocycles. The first-order valence-electron chi connectivity index (χ1n) is 10.8. The lowest BCUT2D eigenvalue weighted by atomic mass is 9.93. The zero-order valence-electron chi connectivity index (χ0n) is 18.0. The van der Waals surface area contributed by atoms with Crippen molar-refractivity contribution < 1.29 is 18.0 Å². The predicted molar refractivity (Wildman–Crippen MR) is 114 cm³/mol. The van der Waals surface area contributed by atoms with Crippen LogP contribution in [0.15, 0.2) is 36.4 Å². The molecule has 1 aliphatic heterocycles. The van der Waals surface area contributed by atoms with Crippen molar-refractivity contribution in [1.82, 2.24) is 10.4 Å². The van der Waals surface area contributed by atoms with E-state index in [4.69, 9.17) is 0 Å². The lowest BCUT2D eigenvalue weighted by molar-refractivity contribution is -0.191. The van der Waals surface area contributed by atoms with Gasteiger partial charge in [0.15, 0.2) is 0 Å². The maximum atomic E-state index is 13.9. The Labute approximate surface area is 176 Å². The van der Waals surface area contributed by atoms with Crippen LogP contribution in [0.3, 0.4) is 0 Å². The fourth-order valence-corrected chi connectivity index (χ4v) is 4.09. The van der Waals surface area contributed by atoms with E-state index in [2.05, 4.69) is 18.4 Å². The Morgan fingerprint density at radius 1 is 1.03 bits per heavy atom. The molecule has 0 saturated carbocycles. The number of hydrogen-bond donors (Lipinski definition) is 1. The van der Waals surface area contributed by atoms with Crippen molar-refractivity contribution in [2.24, 2.45) is 5.41 Å². The Morgan fingerprint density at radius 3 is 2.33 bits per heavy atom. The minimum Gasteiger partial charge on any atom is -0.287 e. The number of unbranched alkanes of at least 4 members (excludes halogenated alkanes) is 4. The Kier molecular flexibility index (Phi) is 6.75. The molecule has 0 spiro atoms. The number of rotatable bonds is 8. The van der Waals surface area contributed by atoms with Crippen LogP contribution < -0.4 is 5.43 Å². The summed E-state index contributed by atoms with van der Waals surface area (Å²) in [5, 5.41) is 2.74. The van der Waals surface area contributed by atoms with Gasteiger partial charge in [0.2, 0.25) is 5.91 Å². The summed E-state index contributed by atoms with van der Waals surface area (Å²) in [6, 6.07) is 9.00. The molecule has 1 fully saturated rings. The molecule has 0 aromatic heterocycles. The quantitative estimate of drug-likeness (QED) is 0.506. The van der Waals surface area contributed by atoms with Crippen LogP contribution in [0.1, 0.15) is 70.0 Å². The van der Waals surface area contributed by atoms with Gasteiger partial charge in [-0.3, -0.25) is 10.2 Å². The number of hydrazine groups is 1. The Balaban J connectivity index is 1.80. The minimum atomic E-state index is -4.50. The monoisotopic (exact) mass is 420 g/mol. The highest BCUT2D eigenvalue weighted by Gasteiger charge is 2.51. The molecule has 2 aromatic carbocycles. The van der Waals surface area contributed by atoms with Crippen molar-refractivity contribution in [2.45, 2.75) is 71.5 Å². The van der Waals surface area contributed by atoms with E-state index in [0.717, 1.165) is 28.6 Å². The molecule has 0 unspecified atom stereocenters. The molecule has 6 heteroatoms. The van der Waals surface area contributed by atoms with Crippen LogP contribution in [-0.2, 0) is 11.2 Å². The highest BCUT2D eigenvalue weighted by molar-refractivity contribution is 5.85. The van der Waals surface area contributed by atoms with Gasteiger partial charge in [0.1, 0.15) is 6.04 Å². The molecule has 1 aliphatic rings. The van der Waals surface area contributed by atoms with Gasteiger partial charge in [0.25, 0.3) is 0 Å². The summed E-state index contributed by atoms with van der Waals surface area (Å²) in [5.74, 6) is -0.388. The smallest absolute Gasteiger partial charge is 0.287 e. The van der Waals surface area contributed by atoms with Gasteiger partial charge in [-0.2, -0.15) is 13.2 Å². The Bertz CT molecular complexity index is 892. The predicted octanol–water partition coefficient (Wildman–Crippen LogP) is 6.33. The molecule has 2 aromatic rings. The summed E-state index contributed by atoms with van der Waals surface area (Å²) in [7, 11) is 0. The van der Waals surface area contributed by atoms with Crippen molar-refractivity contribution in [3.8, 4) is 0 Å². The third kappa shape index (κ3) is 5.15. The number of nitrogens with one attached hydrogen (secondary N) is 1. The molecule has 3 rings (SSSR count). The number of halogens is 3. The zero-order chi connectivity index (χ0) is 21.9. The number of alkyl halides is 3. The van der Waals surface area contributed by atoms with Gasteiger partial charge in [0, 0.05) is 6.54 Å². The molecule has 0 aliphatic carbocycles. The molecule has 164 valence electrons. The maximum absolute atomic E-state index is 13.9. The van der Waals surface area contributed by atoms with Gasteiger partial charge in [-0.25, -0.2) is 5.01 Å². The molecule has 3 nitrogen and oxygen atoms in total. The summed E-state index contributed by atoms with van der Waals surface area (Å²) in [4.78, 5) is 12.0. The number of carbonyl (C=O) groups excluding carboxylic acids is 1. The van der Waals surface area contributed by atoms with Crippen molar-refractivity contribution in [2.75, 3.05) is 6.54 Å². The highest BCUT2D eigenvalue weighted by atomic mass is 19.4. The minimum absolute atomic E-state index is 0.00498. The summed E-state index contributed by atoms with van der Waals surface area (Å²) in [5.41, 5.74) is 2.92. The van der Waals surface area contributed by atoms with Crippen molar-refractivity contribution in [3.05, 3.63) is 47.5 Å². The second-order valence-electron chi connectivity index (χ2n) is 9.00. The summed E-state index contributed by atoms with van der Waals surface area (Å²) in [6.07, 6.45) is 2.54. The number of nitrogens with zero attached hydrogens (tertiary/aromatic N) is 1. The largest absolute Gasteiger partial charge is 0.409 e. The van der Waals surface area contributed by atoms with E-state index in [9.17, 15) is 18.0 Å². The lowest BCUT2D eigenvalue weighted by Gasteiger charge is -2.30. The van der Waals surface area contributed by atoms with Gasteiger partial charge in [0.05, 0.1) is 5.41 Å². The number of carbonyl (C=O) groups is 1. The second-order valence-corrected chi connectivity index (χ2v) is 9.00. The number of aryl methyl sites for hydroxylation is 1. The van der Waals surface area contributed by atoms with Crippen LogP contribution >= 0.6 is 0 Å². The summed E-state index contributed by atoms with van der Waals surface area (Å²) < 4.78 is 41.8. The first-order valence-corrected chi connectivity index (χ1v) is 10.8. The number of fused-ring (bicyclic) bond motifs is 1. The van der Waals surface area contributed by atoms with Crippen LogP contribution in [0.4, 0.5) is 13.2 Å². The van der Waals surface area contributed by atoms with E-state index >= 15 is 0 Å². The standard InChI is InChI=1S/C24H31F3N2O/c1-4-5-6-7-8-9-17-10-11-19-15-20(13-12-18(19)14-17)21(24(25,26)27)29-16-23(2,3)22(30)28-29/h10-15,21H,4-9,16H2,1-3H3,(H,28,30)/t21-/m0/s1. The van der Waals surface area contributed by atoms with E-state index in [1.54, 1.807) is 26.0 Å². The molecule has 1 N–H and O–H groups in total. The average Bonchev–Trinajstić information content (AvgIpc) is 2.92. The van der Waals surface area contributed by atoms with Crippen molar-refractivity contribution >= 4 is 16.7 Å². The number of amides is 1.